The molecule has 1 aliphatic rings. The number of nitrogens with one attached hydrogen (secondary N) is 1. The molecule has 0 unspecified atom stereocenters. The van der Waals surface area contributed by atoms with Crippen LogP contribution < -0.4 is 5.32 Å². The van der Waals surface area contributed by atoms with E-state index >= 15 is 0 Å². The van der Waals surface area contributed by atoms with Gasteiger partial charge in [0.2, 0.25) is 0 Å². The minimum atomic E-state index is 0.0935. The molecule has 5 aromatic rings. The molecule has 0 radical (unpaired) electrons. The number of ketones is 1. The highest BCUT2D eigenvalue weighted by Gasteiger charge is 2.17. The van der Waals surface area contributed by atoms with E-state index < -0.39 is 0 Å². The number of carbonyl (C=O) groups is 1. The van der Waals surface area contributed by atoms with Gasteiger partial charge in [-0.1, -0.05) is 43.2 Å². The quantitative estimate of drug-likeness (QED) is 0.195. The third-order valence-corrected chi connectivity index (χ3v) is 8.47. The first-order valence-corrected chi connectivity index (χ1v) is 15.3. The van der Waals surface area contributed by atoms with Crippen LogP contribution in [-0.4, -0.2) is 67.5 Å². The maximum atomic E-state index is 13.4. The van der Waals surface area contributed by atoms with Crippen LogP contribution in [0.15, 0.2) is 73.2 Å². The number of pyridine rings is 1. The summed E-state index contributed by atoms with van der Waals surface area (Å²) >= 11 is 0. The van der Waals surface area contributed by atoms with E-state index in [0.717, 1.165) is 78.8 Å². The molecule has 2 aromatic carbocycles. The van der Waals surface area contributed by atoms with Crippen LogP contribution in [0.25, 0.3) is 5.65 Å². The predicted molar refractivity (Wildman–Crippen MR) is 175 cm³/mol. The van der Waals surface area contributed by atoms with Crippen LogP contribution in [0.5, 0.6) is 0 Å². The summed E-state index contributed by atoms with van der Waals surface area (Å²) in [6.45, 7) is 13.0. The van der Waals surface area contributed by atoms with Crippen LogP contribution in [0.1, 0.15) is 50.8 Å². The van der Waals surface area contributed by atoms with Crippen LogP contribution in [0.4, 0.5) is 11.5 Å². The Hall–Kier alpha value is -4.71. The van der Waals surface area contributed by atoms with E-state index in [-0.39, 0.29) is 5.78 Å². The molecule has 1 fully saturated rings. The van der Waals surface area contributed by atoms with Gasteiger partial charge in [-0.2, -0.15) is 5.10 Å². The molecule has 1 saturated heterocycles. The lowest BCUT2D eigenvalue weighted by Gasteiger charge is -2.34. The topological polar surface area (TPSA) is 70.7 Å². The van der Waals surface area contributed by atoms with Crippen molar-refractivity contribution in [3.05, 3.63) is 112 Å². The second kappa shape index (κ2) is 12.9. The Morgan fingerprint density at radius 2 is 1.75 bits per heavy atom. The normalized spacial score (nSPS) is 14.0. The van der Waals surface area contributed by atoms with Crippen LogP contribution in [0.2, 0.25) is 0 Å². The Balaban J connectivity index is 1.15. The third kappa shape index (κ3) is 6.60. The van der Waals surface area contributed by atoms with Gasteiger partial charge in [-0.25, -0.2) is 4.98 Å². The van der Waals surface area contributed by atoms with Gasteiger partial charge in [0.25, 0.3) is 0 Å². The highest BCUT2D eigenvalue weighted by molar-refractivity contribution is 5.98. The van der Waals surface area contributed by atoms with Gasteiger partial charge in [-0.15, -0.1) is 0 Å². The lowest BCUT2D eigenvalue weighted by atomic mass is 9.96. The Kier molecular flexibility index (Phi) is 8.60. The number of rotatable bonds is 8. The van der Waals surface area contributed by atoms with Crippen molar-refractivity contribution in [1.29, 1.82) is 0 Å². The molecule has 4 heterocycles. The zero-order valence-corrected chi connectivity index (χ0v) is 26.0. The van der Waals surface area contributed by atoms with E-state index in [1.54, 1.807) is 10.9 Å². The SMILES string of the molecule is CCN1CCN(Cc2ccc(CC(=O)c3ccc(C)c(C#Cc4cnc5c(Nc6ccn(C)n6)cccn45)c3)cc2C)CC1. The number of Topliss-reactive ketones (excluding diaryl/α,β-unsaturated/α-hetero) is 1. The number of carbonyl (C=O) groups excluding carboxylic acids is 1. The average molecular weight is 586 g/mol. The number of aryl methyl sites for hydroxylation is 3. The van der Waals surface area contributed by atoms with Gasteiger partial charge in [0.05, 0.1) is 11.9 Å². The van der Waals surface area contributed by atoms with Crippen molar-refractivity contribution < 1.29 is 4.79 Å². The van der Waals surface area contributed by atoms with Gasteiger partial charge < -0.3 is 10.2 Å². The number of nitrogens with zero attached hydrogens (tertiary/aromatic N) is 6. The Bertz CT molecular complexity index is 1860. The molecule has 0 spiro atoms. The highest BCUT2D eigenvalue weighted by atomic mass is 16.1. The Labute approximate surface area is 259 Å². The molecule has 8 nitrogen and oxygen atoms in total. The number of hydrogen-bond acceptors (Lipinski definition) is 6. The Morgan fingerprint density at radius 3 is 2.50 bits per heavy atom. The first-order chi connectivity index (χ1) is 21.4. The molecule has 0 saturated carbocycles. The molecule has 224 valence electrons. The lowest BCUT2D eigenvalue weighted by Crippen LogP contribution is -2.45. The monoisotopic (exact) mass is 585 g/mol. The number of aromatic nitrogens is 4. The second-order valence-electron chi connectivity index (χ2n) is 11.6. The number of benzene rings is 2. The zero-order valence-electron chi connectivity index (χ0n) is 26.0. The van der Waals surface area contributed by atoms with Crippen molar-refractivity contribution in [2.24, 2.45) is 7.05 Å². The molecule has 1 aliphatic heterocycles. The summed E-state index contributed by atoms with van der Waals surface area (Å²) < 4.78 is 3.71. The van der Waals surface area contributed by atoms with Crippen molar-refractivity contribution in [3.63, 3.8) is 0 Å². The fourth-order valence-corrected chi connectivity index (χ4v) is 5.72. The number of anilines is 2. The first kappa shape index (κ1) is 29.4. The molecule has 6 rings (SSSR count). The fourth-order valence-electron chi connectivity index (χ4n) is 5.72. The van der Waals surface area contributed by atoms with Gasteiger partial charge in [0.1, 0.15) is 5.69 Å². The molecular weight excluding hydrogens is 546 g/mol. The van der Waals surface area contributed by atoms with E-state index in [4.69, 9.17) is 0 Å². The summed E-state index contributed by atoms with van der Waals surface area (Å²) in [5.41, 5.74) is 8.55. The number of imidazole rings is 1. The molecule has 0 atom stereocenters. The minimum Gasteiger partial charge on any atom is -0.336 e. The van der Waals surface area contributed by atoms with Gasteiger partial charge in [-0.3, -0.25) is 18.8 Å². The molecule has 0 bridgehead atoms. The lowest BCUT2D eigenvalue weighted by molar-refractivity contribution is 0.0993. The maximum Gasteiger partial charge on any atom is 0.167 e. The maximum absolute atomic E-state index is 13.4. The molecule has 0 amide bonds. The van der Waals surface area contributed by atoms with Crippen LogP contribution in [0.3, 0.4) is 0 Å². The summed E-state index contributed by atoms with van der Waals surface area (Å²) in [7, 11) is 1.88. The van der Waals surface area contributed by atoms with Gasteiger partial charge in [0.15, 0.2) is 17.2 Å². The van der Waals surface area contributed by atoms with Crippen molar-refractivity contribution in [2.45, 2.75) is 33.7 Å². The number of hydrogen-bond donors (Lipinski definition) is 1. The standard InChI is InChI=1S/C36H39N7O/c1-5-41-17-19-42(20-18-41)25-31-11-9-28(21-27(31)3)22-34(44)30-10-8-26(2)29(23-30)12-13-32-24-37-36-33(7-6-15-43(32)36)38-35-14-16-40(4)39-35/h6-11,14-16,21,23-24H,5,17-20,22,25H2,1-4H3,(H,38,39). The largest absolute Gasteiger partial charge is 0.336 e. The third-order valence-electron chi connectivity index (χ3n) is 8.47. The van der Waals surface area contributed by atoms with Crippen molar-refractivity contribution in [1.82, 2.24) is 29.0 Å². The van der Waals surface area contributed by atoms with Crippen LogP contribution in [0, 0.1) is 25.7 Å². The molecule has 3 aromatic heterocycles. The Morgan fingerprint density at radius 1 is 0.932 bits per heavy atom. The predicted octanol–water partition coefficient (Wildman–Crippen LogP) is 5.39. The van der Waals surface area contributed by atoms with Gasteiger partial charge >= 0.3 is 0 Å². The molecule has 1 N–H and O–H groups in total. The molecular formula is C36H39N7O. The number of likely N-dealkylation sites (N-methyl/N-ethyl adjacent to an activating group) is 1. The fraction of sp³-hybridized carbons (Fsp3) is 0.306. The smallest absolute Gasteiger partial charge is 0.167 e. The van der Waals surface area contributed by atoms with Crippen molar-refractivity contribution in [3.8, 4) is 11.8 Å². The van der Waals surface area contributed by atoms with Gasteiger partial charge in [-0.05, 0) is 66.8 Å². The van der Waals surface area contributed by atoms with Crippen molar-refractivity contribution >= 4 is 22.9 Å². The zero-order chi connectivity index (χ0) is 30.6. The van der Waals surface area contributed by atoms with E-state index in [9.17, 15) is 4.79 Å². The summed E-state index contributed by atoms with van der Waals surface area (Å²) in [6.07, 6.45) is 5.97. The summed E-state index contributed by atoms with van der Waals surface area (Å²) in [5, 5.41) is 7.73. The van der Waals surface area contributed by atoms with E-state index in [1.807, 2.05) is 67.2 Å². The van der Waals surface area contributed by atoms with Crippen molar-refractivity contribution in [2.75, 3.05) is 38.0 Å². The number of fused-ring (bicyclic) bond motifs is 1. The van der Waals surface area contributed by atoms with Crippen LogP contribution in [-0.2, 0) is 20.0 Å². The van der Waals surface area contributed by atoms with Gasteiger partial charge in [0, 0.05) is 75.8 Å². The minimum absolute atomic E-state index is 0.0935. The molecule has 8 heteroatoms. The highest BCUT2D eigenvalue weighted by Crippen LogP contribution is 2.21. The first-order valence-electron chi connectivity index (χ1n) is 15.3. The second-order valence-corrected chi connectivity index (χ2v) is 11.6. The molecule has 44 heavy (non-hydrogen) atoms. The summed E-state index contributed by atoms with van der Waals surface area (Å²) in [5.74, 6) is 7.41. The molecule has 0 aliphatic carbocycles. The van der Waals surface area contributed by atoms with Crippen LogP contribution >= 0.6 is 0 Å². The summed E-state index contributed by atoms with van der Waals surface area (Å²) in [4.78, 5) is 23.0. The average Bonchev–Trinajstić information content (AvgIpc) is 3.64. The van der Waals surface area contributed by atoms with E-state index in [0.29, 0.717) is 12.0 Å². The van der Waals surface area contributed by atoms with E-state index in [1.165, 1.54) is 11.1 Å². The summed E-state index contributed by atoms with van der Waals surface area (Å²) in [6, 6.07) is 18.1. The number of piperazine rings is 1. The van der Waals surface area contributed by atoms with E-state index in [2.05, 4.69) is 69.1 Å².